The fraction of sp³-hybridized carbons (Fsp3) is 0.182. The second kappa shape index (κ2) is 8.04. The van der Waals surface area contributed by atoms with Gasteiger partial charge < -0.3 is 20.7 Å². The van der Waals surface area contributed by atoms with Crippen molar-refractivity contribution in [2.24, 2.45) is 5.73 Å². The Morgan fingerprint density at radius 1 is 1.10 bits per heavy atom. The molecule has 9 nitrogen and oxygen atoms in total. The van der Waals surface area contributed by atoms with Gasteiger partial charge in [-0.1, -0.05) is 12.1 Å². The van der Waals surface area contributed by atoms with Crippen molar-refractivity contribution in [2.45, 2.75) is 0 Å². The van der Waals surface area contributed by atoms with Crippen LogP contribution in [-0.4, -0.2) is 51.8 Å². The SMILES string of the molecule is NC(=O)c1cccc(-c2nccn3nc(Nc4ccc(N5CCOCC5)cc4)nc23)c1. The van der Waals surface area contributed by atoms with Gasteiger partial charge in [-0.3, -0.25) is 9.78 Å². The second-order valence-electron chi connectivity index (χ2n) is 7.20. The number of rotatable bonds is 5. The summed E-state index contributed by atoms with van der Waals surface area (Å²) in [6, 6.07) is 15.2. The van der Waals surface area contributed by atoms with Gasteiger partial charge in [-0.15, -0.1) is 5.10 Å². The Hall–Kier alpha value is -3.98. The van der Waals surface area contributed by atoms with E-state index in [9.17, 15) is 4.79 Å². The van der Waals surface area contributed by atoms with E-state index < -0.39 is 5.91 Å². The van der Waals surface area contributed by atoms with Crippen molar-refractivity contribution in [1.29, 1.82) is 0 Å². The van der Waals surface area contributed by atoms with E-state index in [1.165, 1.54) is 0 Å². The third kappa shape index (κ3) is 3.90. The molecule has 0 bridgehead atoms. The molecular weight excluding hydrogens is 394 g/mol. The third-order valence-electron chi connectivity index (χ3n) is 5.17. The largest absolute Gasteiger partial charge is 0.378 e. The molecule has 9 heteroatoms. The van der Waals surface area contributed by atoms with Crippen molar-refractivity contribution in [3.8, 4) is 11.3 Å². The Bertz CT molecular complexity index is 1230. The quantitative estimate of drug-likeness (QED) is 0.515. The summed E-state index contributed by atoms with van der Waals surface area (Å²) in [7, 11) is 0. The Morgan fingerprint density at radius 2 is 1.90 bits per heavy atom. The normalized spacial score (nSPS) is 14.0. The average Bonchev–Trinajstić information content (AvgIpc) is 3.22. The zero-order chi connectivity index (χ0) is 21.2. The Morgan fingerprint density at radius 3 is 2.68 bits per heavy atom. The standard InChI is InChI=1S/C22H21N7O2/c23-20(30)16-3-1-2-15(14-16)19-21-26-22(27-29(21)9-8-24-19)25-17-4-6-18(7-5-17)28-10-12-31-13-11-28/h1-9,14H,10-13H2,(H2,23,30)(H,25,27). The molecule has 1 aliphatic rings. The number of aromatic nitrogens is 4. The van der Waals surface area contributed by atoms with Crippen molar-refractivity contribution in [2.75, 3.05) is 36.5 Å². The number of morpholine rings is 1. The molecule has 0 radical (unpaired) electrons. The monoisotopic (exact) mass is 415 g/mol. The number of primary amides is 1. The number of amides is 1. The molecule has 3 heterocycles. The smallest absolute Gasteiger partial charge is 0.248 e. The van der Waals surface area contributed by atoms with Gasteiger partial charge in [0.2, 0.25) is 11.9 Å². The van der Waals surface area contributed by atoms with Crippen LogP contribution in [0.5, 0.6) is 0 Å². The van der Waals surface area contributed by atoms with E-state index >= 15 is 0 Å². The first-order chi connectivity index (χ1) is 15.2. The molecule has 31 heavy (non-hydrogen) atoms. The number of nitrogens with two attached hydrogens (primary N) is 1. The maximum Gasteiger partial charge on any atom is 0.248 e. The highest BCUT2D eigenvalue weighted by Crippen LogP contribution is 2.25. The highest BCUT2D eigenvalue weighted by molar-refractivity contribution is 5.94. The second-order valence-corrected chi connectivity index (χ2v) is 7.20. The first kappa shape index (κ1) is 19.0. The van der Waals surface area contributed by atoms with Crippen LogP contribution in [0.4, 0.5) is 17.3 Å². The van der Waals surface area contributed by atoms with Gasteiger partial charge in [0.1, 0.15) is 5.69 Å². The molecule has 1 aliphatic heterocycles. The van der Waals surface area contributed by atoms with Gasteiger partial charge >= 0.3 is 0 Å². The molecule has 2 aromatic carbocycles. The molecule has 3 N–H and O–H groups in total. The molecule has 1 fully saturated rings. The van der Waals surface area contributed by atoms with Crippen LogP contribution in [0.2, 0.25) is 0 Å². The fourth-order valence-corrected chi connectivity index (χ4v) is 3.60. The van der Waals surface area contributed by atoms with Gasteiger partial charge in [0.05, 0.1) is 13.2 Å². The summed E-state index contributed by atoms with van der Waals surface area (Å²) < 4.78 is 7.07. The van der Waals surface area contributed by atoms with Crippen molar-refractivity contribution < 1.29 is 9.53 Å². The number of hydrogen-bond donors (Lipinski definition) is 2. The highest BCUT2D eigenvalue weighted by Gasteiger charge is 2.14. The van der Waals surface area contributed by atoms with Crippen molar-refractivity contribution >= 4 is 28.9 Å². The van der Waals surface area contributed by atoms with Crippen molar-refractivity contribution in [3.05, 3.63) is 66.5 Å². The number of anilines is 3. The number of hydrogen-bond acceptors (Lipinski definition) is 7. The molecule has 2 aromatic heterocycles. The van der Waals surface area contributed by atoms with Crippen LogP contribution < -0.4 is 16.0 Å². The maximum atomic E-state index is 11.5. The Kier molecular flexibility index (Phi) is 4.93. The number of nitrogens with zero attached hydrogens (tertiary/aromatic N) is 5. The van der Waals surface area contributed by atoms with E-state index in [1.54, 1.807) is 35.1 Å². The van der Waals surface area contributed by atoms with Crippen LogP contribution in [0.15, 0.2) is 60.9 Å². The third-order valence-corrected chi connectivity index (χ3v) is 5.17. The summed E-state index contributed by atoms with van der Waals surface area (Å²) in [5.41, 5.74) is 9.82. The van der Waals surface area contributed by atoms with Crippen LogP contribution in [0, 0.1) is 0 Å². The summed E-state index contributed by atoms with van der Waals surface area (Å²) in [5, 5.41) is 7.74. The van der Waals surface area contributed by atoms with E-state index in [0.29, 0.717) is 22.9 Å². The lowest BCUT2D eigenvalue weighted by molar-refractivity contribution is 0.100. The summed E-state index contributed by atoms with van der Waals surface area (Å²) in [5.74, 6) is -0.0300. The first-order valence-electron chi connectivity index (χ1n) is 9.99. The number of ether oxygens (including phenoxy) is 1. The topological polar surface area (TPSA) is 111 Å². The summed E-state index contributed by atoms with van der Waals surface area (Å²) >= 11 is 0. The lowest BCUT2D eigenvalue weighted by Gasteiger charge is -2.28. The zero-order valence-electron chi connectivity index (χ0n) is 16.7. The molecule has 0 unspecified atom stereocenters. The number of carbonyl (C=O) groups is 1. The molecule has 0 spiro atoms. The lowest BCUT2D eigenvalue weighted by Crippen LogP contribution is -2.36. The minimum absolute atomic E-state index is 0.416. The summed E-state index contributed by atoms with van der Waals surface area (Å²) in [4.78, 5) is 22.9. The molecule has 0 atom stereocenters. The minimum Gasteiger partial charge on any atom is -0.378 e. The van der Waals surface area contributed by atoms with E-state index in [1.807, 2.05) is 18.2 Å². The van der Waals surface area contributed by atoms with E-state index in [4.69, 9.17) is 10.5 Å². The molecule has 0 saturated carbocycles. The predicted molar refractivity (Wildman–Crippen MR) is 117 cm³/mol. The first-order valence-corrected chi connectivity index (χ1v) is 9.99. The molecule has 1 amide bonds. The van der Waals surface area contributed by atoms with Crippen LogP contribution in [0.25, 0.3) is 16.9 Å². The Balaban J connectivity index is 1.41. The van der Waals surface area contributed by atoms with E-state index in [2.05, 4.69) is 37.4 Å². The molecular formula is C22H21N7O2. The van der Waals surface area contributed by atoms with Gasteiger partial charge in [-0.2, -0.15) is 4.98 Å². The van der Waals surface area contributed by atoms with Crippen LogP contribution in [0.1, 0.15) is 10.4 Å². The number of carbonyl (C=O) groups excluding carboxylic acids is 1. The molecule has 5 rings (SSSR count). The maximum absolute atomic E-state index is 11.5. The van der Waals surface area contributed by atoms with Crippen molar-refractivity contribution in [1.82, 2.24) is 19.6 Å². The number of benzene rings is 2. The van der Waals surface area contributed by atoms with Gasteiger partial charge in [0.15, 0.2) is 5.65 Å². The van der Waals surface area contributed by atoms with Gasteiger partial charge in [0, 0.05) is 48.0 Å². The lowest BCUT2D eigenvalue weighted by atomic mass is 10.1. The molecule has 0 aliphatic carbocycles. The van der Waals surface area contributed by atoms with Crippen molar-refractivity contribution in [3.63, 3.8) is 0 Å². The van der Waals surface area contributed by atoms with E-state index in [-0.39, 0.29) is 0 Å². The molecule has 1 saturated heterocycles. The summed E-state index contributed by atoms with van der Waals surface area (Å²) in [6.45, 7) is 3.30. The number of fused-ring (bicyclic) bond motifs is 1. The van der Waals surface area contributed by atoms with E-state index in [0.717, 1.165) is 43.2 Å². The van der Waals surface area contributed by atoms with Crippen LogP contribution in [-0.2, 0) is 4.74 Å². The molecule has 4 aromatic rings. The zero-order valence-corrected chi connectivity index (χ0v) is 16.7. The highest BCUT2D eigenvalue weighted by atomic mass is 16.5. The fourth-order valence-electron chi connectivity index (χ4n) is 3.60. The van der Waals surface area contributed by atoms with Crippen LogP contribution >= 0.6 is 0 Å². The van der Waals surface area contributed by atoms with Gasteiger partial charge in [0.25, 0.3) is 0 Å². The number of nitrogens with one attached hydrogen (secondary N) is 1. The van der Waals surface area contributed by atoms with Gasteiger partial charge in [-0.25, -0.2) is 4.52 Å². The average molecular weight is 415 g/mol. The van der Waals surface area contributed by atoms with Gasteiger partial charge in [-0.05, 0) is 36.4 Å². The minimum atomic E-state index is -0.488. The molecule has 156 valence electrons. The van der Waals surface area contributed by atoms with Crippen LogP contribution in [0.3, 0.4) is 0 Å². The summed E-state index contributed by atoms with van der Waals surface area (Å²) in [6.07, 6.45) is 3.38. The predicted octanol–water partition coefficient (Wildman–Crippen LogP) is 2.47. The Labute approximate surface area is 178 Å².